The van der Waals surface area contributed by atoms with Crippen molar-refractivity contribution in [3.05, 3.63) is 51.9 Å². The number of carbonyl (C=O) groups is 2. The van der Waals surface area contributed by atoms with Gasteiger partial charge < -0.3 is 14.5 Å². The second kappa shape index (κ2) is 12.5. The van der Waals surface area contributed by atoms with E-state index in [1.165, 1.54) is 19.3 Å². The quantitative estimate of drug-likeness (QED) is 0.355. The molecule has 1 aromatic heterocycles. The number of ether oxygens (including phenoxy) is 1. The minimum Gasteiger partial charge on any atom is -0.466 e. The Morgan fingerprint density at radius 2 is 1.87 bits per heavy atom. The van der Waals surface area contributed by atoms with E-state index in [9.17, 15) is 14.4 Å². The third kappa shape index (κ3) is 6.15. The molecule has 2 aromatic rings. The summed E-state index contributed by atoms with van der Waals surface area (Å²) < 4.78 is 6.75. The molecular weight excluding hydrogens is 500 g/mol. The van der Waals surface area contributed by atoms with E-state index in [0.29, 0.717) is 56.4 Å². The van der Waals surface area contributed by atoms with Crippen LogP contribution >= 0.6 is 11.8 Å². The smallest absolute Gasteiger partial charge is 0.305 e. The highest BCUT2D eigenvalue weighted by Crippen LogP contribution is 2.34. The fourth-order valence-electron chi connectivity index (χ4n) is 5.71. The van der Waals surface area contributed by atoms with Gasteiger partial charge in [-0.3, -0.25) is 19.0 Å². The minimum absolute atomic E-state index is 0.0498. The molecule has 1 aliphatic carbocycles. The summed E-state index contributed by atoms with van der Waals surface area (Å²) in [6, 6.07) is 9.75. The lowest BCUT2D eigenvalue weighted by molar-refractivity contribution is -0.145. The van der Waals surface area contributed by atoms with E-state index < -0.39 is 0 Å². The van der Waals surface area contributed by atoms with E-state index in [-0.39, 0.29) is 23.4 Å². The summed E-state index contributed by atoms with van der Waals surface area (Å²) in [5.41, 5.74) is 2.27. The maximum Gasteiger partial charge on any atom is 0.305 e. The van der Waals surface area contributed by atoms with Crippen molar-refractivity contribution in [3.63, 3.8) is 0 Å². The number of rotatable bonds is 9. The fraction of sp³-hybridized carbons (Fsp3) is 0.586. The van der Waals surface area contributed by atoms with Crippen molar-refractivity contribution in [2.45, 2.75) is 75.2 Å². The molecule has 38 heavy (non-hydrogen) atoms. The number of para-hydroxylation sites is 1. The van der Waals surface area contributed by atoms with Crippen molar-refractivity contribution >= 4 is 23.6 Å². The van der Waals surface area contributed by atoms with E-state index in [1.807, 2.05) is 42.2 Å². The van der Waals surface area contributed by atoms with Gasteiger partial charge in [-0.2, -0.15) is 0 Å². The third-order valence-corrected chi connectivity index (χ3v) is 9.11. The first-order valence-corrected chi connectivity index (χ1v) is 14.9. The molecule has 0 N–H and O–H groups in total. The highest BCUT2D eigenvalue weighted by Gasteiger charge is 2.37. The summed E-state index contributed by atoms with van der Waals surface area (Å²) in [6.45, 7) is 5.33. The van der Waals surface area contributed by atoms with Gasteiger partial charge in [0.2, 0.25) is 5.91 Å². The van der Waals surface area contributed by atoms with Crippen LogP contribution in [0.25, 0.3) is 5.69 Å². The molecule has 1 amide bonds. The lowest BCUT2D eigenvalue weighted by Crippen LogP contribution is -2.55. The molecule has 9 heteroatoms. The summed E-state index contributed by atoms with van der Waals surface area (Å²) in [7, 11) is 0. The van der Waals surface area contributed by atoms with Crippen LogP contribution in [0, 0.1) is 5.92 Å². The Balaban J connectivity index is 1.27. The maximum absolute atomic E-state index is 13.9. The molecule has 2 fully saturated rings. The molecule has 3 aliphatic rings. The predicted octanol–water partition coefficient (Wildman–Crippen LogP) is 3.82. The summed E-state index contributed by atoms with van der Waals surface area (Å²) in [6.07, 6.45) is 7.84. The third-order valence-electron chi connectivity index (χ3n) is 7.82. The Bertz CT molecular complexity index is 1190. The van der Waals surface area contributed by atoms with E-state index in [4.69, 9.17) is 9.72 Å². The largest absolute Gasteiger partial charge is 0.466 e. The normalized spacial score (nSPS) is 18.6. The van der Waals surface area contributed by atoms with Crippen LogP contribution in [0.2, 0.25) is 0 Å². The van der Waals surface area contributed by atoms with Gasteiger partial charge in [0, 0.05) is 37.7 Å². The van der Waals surface area contributed by atoms with Gasteiger partial charge >= 0.3 is 5.97 Å². The first kappa shape index (κ1) is 26.9. The minimum atomic E-state index is -0.164. The van der Waals surface area contributed by atoms with Gasteiger partial charge in [-0.25, -0.2) is 4.98 Å². The van der Waals surface area contributed by atoms with Gasteiger partial charge in [0.1, 0.15) is 0 Å². The second-order valence-electron chi connectivity index (χ2n) is 10.5. The van der Waals surface area contributed by atoms with Crippen molar-refractivity contribution in [1.82, 2.24) is 19.4 Å². The predicted molar refractivity (Wildman–Crippen MR) is 147 cm³/mol. The topological polar surface area (TPSA) is 84.7 Å². The van der Waals surface area contributed by atoms with Gasteiger partial charge in [0.15, 0.2) is 5.16 Å². The Hall–Kier alpha value is -2.65. The van der Waals surface area contributed by atoms with Crippen molar-refractivity contribution in [2.75, 3.05) is 32.8 Å². The zero-order chi connectivity index (χ0) is 26.5. The monoisotopic (exact) mass is 538 g/mol. The molecule has 5 rings (SSSR count). The van der Waals surface area contributed by atoms with Gasteiger partial charge in [-0.15, -0.1) is 0 Å². The zero-order valence-corrected chi connectivity index (χ0v) is 23.1. The lowest BCUT2D eigenvalue weighted by atomic mass is 9.96. The number of nitrogens with zero attached hydrogens (tertiary/aromatic N) is 4. The van der Waals surface area contributed by atoms with Crippen LogP contribution < -0.4 is 5.56 Å². The van der Waals surface area contributed by atoms with Crippen LogP contribution in [0.4, 0.5) is 0 Å². The van der Waals surface area contributed by atoms with Gasteiger partial charge in [0.25, 0.3) is 5.56 Å². The van der Waals surface area contributed by atoms with Gasteiger partial charge in [0.05, 0.1) is 36.0 Å². The van der Waals surface area contributed by atoms with Crippen LogP contribution in [0.5, 0.6) is 0 Å². The molecule has 1 saturated carbocycles. The zero-order valence-electron chi connectivity index (χ0n) is 22.3. The molecule has 2 aliphatic heterocycles. The number of likely N-dealkylation sites (tertiary alicyclic amines) is 1. The SMILES string of the molecule is CCOC(=O)CCCN1CC(C(=O)N2CCc3nc(SC4CCCCC4)n(-c4ccccc4)c(=O)c3C2)C1. The second-order valence-corrected chi connectivity index (χ2v) is 11.8. The fourth-order valence-corrected chi connectivity index (χ4v) is 7.03. The highest BCUT2D eigenvalue weighted by molar-refractivity contribution is 7.99. The standard InChI is InChI=1S/C29H38N4O4S/c1-2-37-26(34)14-9-16-31-18-21(19-31)27(35)32-17-15-25-24(20-32)28(36)33(22-10-5-3-6-11-22)29(30-25)38-23-12-7-4-8-13-23/h3,5-6,10-11,21,23H,2,4,7-9,12-20H2,1H3. The number of carbonyl (C=O) groups excluding carboxylic acids is 2. The molecule has 8 nitrogen and oxygen atoms in total. The number of thioether (sulfide) groups is 1. The summed E-state index contributed by atoms with van der Waals surface area (Å²) in [4.78, 5) is 47.8. The van der Waals surface area contributed by atoms with Crippen LogP contribution in [-0.2, 0) is 27.3 Å². The van der Waals surface area contributed by atoms with Crippen LogP contribution in [-0.4, -0.2) is 69.3 Å². The van der Waals surface area contributed by atoms with Crippen LogP contribution in [0.1, 0.15) is 63.1 Å². The number of amides is 1. The Morgan fingerprint density at radius 3 is 2.61 bits per heavy atom. The van der Waals surface area contributed by atoms with E-state index in [2.05, 4.69) is 4.90 Å². The number of fused-ring (bicyclic) bond motifs is 1. The Morgan fingerprint density at radius 1 is 1.11 bits per heavy atom. The molecule has 1 saturated heterocycles. The Kier molecular flexibility index (Phi) is 8.84. The molecule has 0 bridgehead atoms. The number of benzene rings is 1. The van der Waals surface area contributed by atoms with Crippen molar-refractivity contribution in [3.8, 4) is 5.69 Å². The van der Waals surface area contributed by atoms with Crippen molar-refractivity contribution in [1.29, 1.82) is 0 Å². The summed E-state index contributed by atoms with van der Waals surface area (Å²) in [5, 5.41) is 1.27. The first-order valence-electron chi connectivity index (χ1n) is 14.1. The Labute approximate surface area is 228 Å². The van der Waals surface area contributed by atoms with Gasteiger partial charge in [-0.05, 0) is 44.9 Å². The molecule has 204 valence electrons. The average Bonchev–Trinajstić information content (AvgIpc) is 2.91. The van der Waals surface area contributed by atoms with Gasteiger partial charge in [-0.1, -0.05) is 49.2 Å². The molecule has 1 aromatic carbocycles. The first-order chi connectivity index (χ1) is 18.5. The molecule has 0 unspecified atom stereocenters. The number of hydrogen-bond acceptors (Lipinski definition) is 7. The van der Waals surface area contributed by atoms with E-state index in [0.717, 1.165) is 42.3 Å². The van der Waals surface area contributed by atoms with Crippen LogP contribution in [0.3, 0.4) is 0 Å². The maximum atomic E-state index is 13.9. The number of aromatic nitrogens is 2. The summed E-state index contributed by atoms with van der Waals surface area (Å²) in [5.74, 6) is -0.101. The number of esters is 1. The molecule has 0 radical (unpaired) electrons. The molecular formula is C29H38N4O4S. The van der Waals surface area contributed by atoms with Crippen molar-refractivity contribution in [2.24, 2.45) is 5.92 Å². The van der Waals surface area contributed by atoms with Crippen molar-refractivity contribution < 1.29 is 14.3 Å². The van der Waals surface area contributed by atoms with Crippen LogP contribution in [0.15, 0.2) is 40.3 Å². The van der Waals surface area contributed by atoms with E-state index >= 15 is 0 Å². The molecule has 0 atom stereocenters. The van der Waals surface area contributed by atoms with E-state index in [1.54, 1.807) is 16.3 Å². The lowest BCUT2D eigenvalue weighted by Gasteiger charge is -2.41. The summed E-state index contributed by atoms with van der Waals surface area (Å²) >= 11 is 1.75. The molecule has 0 spiro atoms. The highest BCUT2D eigenvalue weighted by atomic mass is 32.2. The average molecular weight is 539 g/mol. The molecule has 3 heterocycles. The number of hydrogen-bond donors (Lipinski definition) is 0.